The van der Waals surface area contributed by atoms with E-state index in [1.165, 1.54) is 16.7 Å². The van der Waals surface area contributed by atoms with Crippen LogP contribution in [0.15, 0.2) is 36.1 Å². The Morgan fingerprint density at radius 3 is 1.95 bits per heavy atom. The van der Waals surface area contributed by atoms with Crippen molar-refractivity contribution in [1.29, 1.82) is 0 Å². The van der Waals surface area contributed by atoms with Gasteiger partial charge >= 0.3 is 0 Å². The molecule has 2 rings (SSSR count). The van der Waals surface area contributed by atoms with Gasteiger partial charge in [-0.2, -0.15) is 0 Å². The fraction of sp³-hybridized carbons (Fsp3) is 0.526. The van der Waals surface area contributed by atoms with Crippen LogP contribution in [0.4, 0.5) is 0 Å². The maximum absolute atomic E-state index is 4.69. The van der Waals surface area contributed by atoms with Crippen LogP contribution >= 0.6 is 0 Å². The topological polar surface area (TPSA) is 12.9 Å². The Labute approximate surface area is 123 Å². The summed E-state index contributed by atoms with van der Waals surface area (Å²) < 4.78 is 0. The highest BCUT2D eigenvalue weighted by Crippen LogP contribution is 2.42. The van der Waals surface area contributed by atoms with Crippen molar-refractivity contribution in [2.24, 2.45) is 11.3 Å². The average molecular weight is 269 g/mol. The van der Waals surface area contributed by atoms with E-state index in [-0.39, 0.29) is 10.8 Å². The fourth-order valence-electron chi connectivity index (χ4n) is 2.85. The number of nitrogens with zero attached hydrogens (tertiary/aromatic N) is 1. The van der Waals surface area contributed by atoms with Crippen LogP contribution in [0.25, 0.3) is 5.57 Å². The van der Waals surface area contributed by atoms with Gasteiger partial charge in [-0.25, -0.2) is 0 Å². The SMILES string of the molecule is CC1C(c2ccc(C(C)(C)C)cn2)=CC=C1C(C)(C)C. The van der Waals surface area contributed by atoms with E-state index < -0.39 is 0 Å². The number of pyridine rings is 1. The highest BCUT2D eigenvalue weighted by molar-refractivity contribution is 5.72. The second-order valence-electron chi connectivity index (χ2n) is 7.90. The van der Waals surface area contributed by atoms with Crippen molar-refractivity contribution in [2.75, 3.05) is 0 Å². The molecular formula is C19H27N. The van der Waals surface area contributed by atoms with Crippen LogP contribution in [0.5, 0.6) is 0 Å². The molecule has 1 aliphatic carbocycles. The molecule has 0 fully saturated rings. The number of allylic oxidation sites excluding steroid dienone is 4. The second kappa shape index (κ2) is 4.87. The van der Waals surface area contributed by atoms with E-state index in [0.29, 0.717) is 5.92 Å². The van der Waals surface area contributed by atoms with Gasteiger partial charge in [0.05, 0.1) is 5.69 Å². The monoisotopic (exact) mass is 269 g/mol. The van der Waals surface area contributed by atoms with Crippen molar-refractivity contribution >= 4 is 5.57 Å². The lowest BCUT2D eigenvalue weighted by atomic mass is 9.79. The molecule has 108 valence electrons. The predicted molar refractivity (Wildman–Crippen MR) is 87.6 cm³/mol. The predicted octanol–water partition coefficient (Wildman–Crippen LogP) is 5.38. The molecule has 1 heteroatoms. The first-order valence-corrected chi connectivity index (χ1v) is 7.50. The van der Waals surface area contributed by atoms with Gasteiger partial charge in [-0.1, -0.05) is 72.3 Å². The molecule has 0 spiro atoms. The standard InChI is InChI=1S/C19H27N/c1-13-15(9-10-16(13)19(5,6)7)17-11-8-14(12-20-17)18(2,3)4/h8-13H,1-7H3. The van der Waals surface area contributed by atoms with Crippen molar-refractivity contribution in [3.63, 3.8) is 0 Å². The third-order valence-corrected chi connectivity index (χ3v) is 4.17. The molecule has 0 aromatic carbocycles. The summed E-state index contributed by atoms with van der Waals surface area (Å²) in [4.78, 5) is 4.69. The largest absolute Gasteiger partial charge is 0.256 e. The molecule has 1 aliphatic rings. The van der Waals surface area contributed by atoms with Crippen molar-refractivity contribution in [3.05, 3.63) is 47.3 Å². The fourth-order valence-corrected chi connectivity index (χ4v) is 2.85. The molecule has 0 bridgehead atoms. The molecule has 1 aromatic heterocycles. The minimum Gasteiger partial charge on any atom is -0.256 e. The van der Waals surface area contributed by atoms with Crippen molar-refractivity contribution in [1.82, 2.24) is 4.98 Å². The van der Waals surface area contributed by atoms with E-state index in [0.717, 1.165) is 5.69 Å². The van der Waals surface area contributed by atoms with Crippen LogP contribution in [0.1, 0.15) is 59.7 Å². The Bertz CT molecular complexity index is 545. The normalized spacial score (nSPS) is 19.9. The molecule has 1 heterocycles. The number of aromatic nitrogens is 1. The van der Waals surface area contributed by atoms with Gasteiger partial charge in [-0.05, 0) is 28.0 Å². The lowest BCUT2D eigenvalue weighted by Gasteiger charge is -2.26. The van der Waals surface area contributed by atoms with Gasteiger partial charge in [-0.3, -0.25) is 4.98 Å². The van der Waals surface area contributed by atoms with Crippen molar-refractivity contribution in [3.8, 4) is 0 Å². The van der Waals surface area contributed by atoms with E-state index in [1.807, 2.05) is 6.20 Å². The van der Waals surface area contributed by atoms with Gasteiger partial charge in [0.1, 0.15) is 0 Å². The van der Waals surface area contributed by atoms with E-state index in [1.54, 1.807) is 0 Å². The smallest absolute Gasteiger partial charge is 0.0667 e. The number of hydrogen-bond acceptors (Lipinski definition) is 1. The third-order valence-electron chi connectivity index (χ3n) is 4.17. The molecule has 0 aliphatic heterocycles. The molecule has 1 aromatic rings. The highest BCUT2D eigenvalue weighted by Gasteiger charge is 2.28. The molecule has 1 unspecified atom stereocenters. The summed E-state index contributed by atoms with van der Waals surface area (Å²) >= 11 is 0. The molecule has 1 atom stereocenters. The first-order valence-electron chi connectivity index (χ1n) is 7.50. The zero-order valence-electron chi connectivity index (χ0n) is 13.9. The van der Waals surface area contributed by atoms with Crippen LogP contribution in [0, 0.1) is 11.3 Å². The Hall–Kier alpha value is -1.37. The average Bonchev–Trinajstić information content (AvgIpc) is 2.70. The van der Waals surface area contributed by atoms with Crippen LogP contribution < -0.4 is 0 Å². The molecule has 0 radical (unpaired) electrons. The minimum atomic E-state index is 0.163. The molecule has 0 N–H and O–H groups in total. The molecule has 1 nitrogen and oxygen atoms in total. The van der Waals surface area contributed by atoms with Crippen molar-refractivity contribution < 1.29 is 0 Å². The van der Waals surface area contributed by atoms with Crippen LogP contribution in [-0.2, 0) is 5.41 Å². The first kappa shape index (κ1) is 15.0. The Morgan fingerprint density at radius 1 is 0.900 bits per heavy atom. The zero-order valence-corrected chi connectivity index (χ0v) is 13.9. The quantitative estimate of drug-likeness (QED) is 0.666. The summed E-state index contributed by atoms with van der Waals surface area (Å²) in [6, 6.07) is 4.38. The van der Waals surface area contributed by atoms with E-state index in [9.17, 15) is 0 Å². The van der Waals surface area contributed by atoms with Gasteiger partial charge in [0.25, 0.3) is 0 Å². The number of hydrogen-bond donors (Lipinski definition) is 0. The van der Waals surface area contributed by atoms with Gasteiger partial charge in [0, 0.05) is 12.1 Å². The Kier molecular flexibility index (Phi) is 3.66. The van der Waals surface area contributed by atoms with Gasteiger partial charge in [-0.15, -0.1) is 0 Å². The number of rotatable bonds is 1. The van der Waals surface area contributed by atoms with E-state index in [2.05, 4.69) is 72.8 Å². The lowest BCUT2D eigenvalue weighted by molar-refractivity contribution is 0.469. The van der Waals surface area contributed by atoms with Crippen LogP contribution in [-0.4, -0.2) is 4.98 Å². The first-order chi connectivity index (χ1) is 9.10. The zero-order chi connectivity index (χ0) is 15.1. The maximum atomic E-state index is 4.69. The highest BCUT2D eigenvalue weighted by atomic mass is 14.7. The summed E-state index contributed by atoms with van der Waals surface area (Å²) in [6.07, 6.45) is 6.54. The molecule has 20 heavy (non-hydrogen) atoms. The summed E-state index contributed by atoms with van der Waals surface area (Å²) in [6.45, 7) is 15.8. The molecule has 0 saturated heterocycles. The van der Waals surface area contributed by atoms with Crippen LogP contribution in [0.2, 0.25) is 0 Å². The second-order valence-corrected chi connectivity index (χ2v) is 7.90. The summed E-state index contributed by atoms with van der Waals surface area (Å²) in [7, 11) is 0. The van der Waals surface area contributed by atoms with Gasteiger partial charge < -0.3 is 0 Å². The Balaban J connectivity index is 2.24. The summed E-state index contributed by atoms with van der Waals surface area (Å²) in [5.41, 5.74) is 5.63. The van der Waals surface area contributed by atoms with Crippen molar-refractivity contribution in [2.45, 2.75) is 53.9 Å². The van der Waals surface area contributed by atoms with Crippen LogP contribution in [0.3, 0.4) is 0 Å². The van der Waals surface area contributed by atoms with Gasteiger partial charge in [0.15, 0.2) is 0 Å². The lowest BCUT2D eigenvalue weighted by Crippen LogP contribution is -2.15. The Morgan fingerprint density at radius 2 is 1.55 bits per heavy atom. The molecule has 0 saturated carbocycles. The van der Waals surface area contributed by atoms with E-state index >= 15 is 0 Å². The maximum Gasteiger partial charge on any atom is 0.0667 e. The van der Waals surface area contributed by atoms with Gasteiger partial charge in [0.2, 0.25) is 0 Å². The third kappa shape index (κ3) is 2.87. The van der Waals surface area contributed by atoms with E-state index in [4.69, 9.17) is 4.98 Å². The molecular weight excluding hydrogens is 242 g/mol. The minimum absolute atomic E-state index is 0.163. The summed E-state index contributed by atoms with van der Waals surface area (Å²) in [5.74, 6) is 0.461. The summed E-state index contributed by atoms with van der Waals surface area (Å²) in [5, 5.41) is 0. The molecule has 0 amide bonds.